The number of nitrogens with two attached hydrogens (primary N) is 1. The van der Waals surface area contributed by atoms with Crippen LogP contribution in [0, 0.1) is 5.82 Å². The average Bonchev–Trinajstić information content (AvgIpc) is 2.57. The van der Waals surface area contributed by atoms with Crippen LogP contribution in [0.3, 0.4) is 0 Å². The number of halogens is 1. The van der Waals surface area contributed by atoms with Crippen LogP contribution in [0.4, 0.5) is 4.39 Å². The lowest BCUT2D eigenvalue weighted by Crippen LogP contribution is -2.46. The molecule has 124 valence electrons. The third-order valence-electron chi connectivity index (χ3n) is 3.54. The highest BCUT2D eigenvalue weighted by atomic mass is 19.1. The first-order valence-electron chi connectivity index (χ1n) is 7.53. The first-order valence-corrected chi connectivity index (χ1v) is 7.53. The molecule has 0 aliphatic carbocycles. The van der Waals surface area contributed by atoms with Crippen molar-refractivity contribution in [1.29, 1.82) is 0 Å². The van der Waals surface area contributed by atoms with Crippen molar-refractivity contribution in [3.05, 3.63) is 77.1 Å². The fraction of sp³-hybridized carbons (Fsp3) is 0.158. The van der Waals surface area contributed by atoms with Gasteiger partial charge in [-0.25, -0.2) is 4.39 Å². The summed E-state index contributed by atoms with van der Waals surface area (Å²) < 4.78 is 12.9. The SMILES string of the molecule is C/C(=C/c1ccc(F)cc1)C(=O)N[C@H](Cc1ccccc1)C(N)=O. The monoisotopic (exact) mass is 326 g/mol. The van der Waals surface area contributed by atoms with Crippen LogP contribution in [-0.2, 0) is 16.0 Å². The third kappa shape index (κ3) is 5.05. The predicted molar refractivity (Wildman–Crippen MR) is 91.3 cm³/mol. The standard InChI is InChI=1S/C19H19FN2O2/c1-13(11-15-7-9-16(20)10-8-15)19(24)22-17(18(21)23)12-14-5-3-2-4-6-14/h2-11,17H,12H2,1H3,(H2,21,23)(H,22,24)/b13-11-/t17-/m1/s1. The van der Waals surface area contributed by atoms with Gasteiger partial charge in [0.15, 0.2) is 0 Å². The Morgan fingerprint density at radius 1 is 1.12 bits per heavy atom. The molecule has 0 radical (unpaired) electrons. The molecular formula is C19H19FN2O2. The fourth-order valence-electron chi connectivity index (χ4n) is 2.22. The average molecular weight is 326 g/mol. The number of carbonyl (C=O) groups excluding carboxylic acids is 2. The Balaban J connectivity index is 2.06. The molecule has 3 N–H and O–H groups in total. The van der Waals surface area contributed by atoms with Crippen LogP contribution in [0.25, 0.3) is 6.08 Å². The van der Waals surface area contributed by atoms with Gasteiger partial charge >= 0.3 is 0 Å². The van der Waals surface area contributed by atoms with Gasteiger partial charge in [-0.1, -0.05) is 42.5 Å². The second-order valence-electron chi connectivity index (χ2n) is 5.50. The molecule has 2 rings (SSSR count). The summed E-state index contributed by atoms with van der Waals surface area (Å²) in [4.78, 5) is 23.9. The molecule has 0 saturated heterocycles. The second kappa shape index (κ2) is 8.06. The largest absolute Gasteiger partial charge is 0.368 e. The van der Waals surface area contributed by atoms with Crippen molar-refractivity contribution in [2.24, 2.45) is 5.73 Å². The molecule has 0 spiro atoms. The van der Waals surface area contributed by atoms with Crippen molar-refractivity contribution in [3.63, 3.8) is 0 Å². The molecule has 0 saturated carbocycles. The van der Waals surface area contributed by atoms with E-state index in [1.54, 1.807) is 25.1 Å². The smallest absolute Gasteiger partial charge is 0.247 e. The number of primary amides is 1. The highest BCUT2D eigenvalue weighted by molar-refractivity contribution is 5.99. The zero-order valence-electron chi connectivity index (χ0n) is 13.3. The Labute approximate surface area is 140 Å². The molecule has 24 heavy (non-hydrogen) atoms. The molecular weight excluding hydrogens is 307 g/mol. The highest BCUT2D eigenvalue weighted by Crippen LogP contribution is 2.09. The van der Waals surface area contributed by atoms with E-state index in [-0.39, 0.29) is 11.7 Å². The minimum Gasteiger partial charge on any atom is -0.368 e. The van der Waals surface area contributed by atoms with E-state index in [1.807, 2.05) is 30.3 Å². The van der Waals surface area contributed by atoms with E-state index in [4.69, 9.17) is 5.73 Å². The van der Waals surface area contributed by atoms with E-state index in [9.17, 15) is 14.0 Å². The van der Waals surface area contributed by atoms with Gasteiger partial charge in [0.1, 0.15) is 11.9 Å². The summed E-state index contributed by atoms with van der Waals surface area (Å²) in [6.45, 7) is 1.62. The van der Waals surface area contributed by atoms with Gasteiger partial charge in [0, 0.05) is 12.0 Å². The third-order valence-corrected chi connectivity index (χ3v) is 3.54. The van der Waals surface area contributed by atoms with Crippen LogP contribution in [0.15, 0.2) is 60.2 Å². The minimum absolute atomic E-state index is 0.325. The van der Waals surface area contributed by atoms with Gasteiger partial charge in [0.25, 0.3) is 0 Å². The Kier molecular flexibility index (Phi) is 5.84. The molecule has 4 nitrogen and oxygen atoms in total. The van der Waals surface area contributed by atoms with Gasteiger partial charge < -0.3 is 11.1 Å². The number of carbonyl (C=O) groups is 2. The van der Waals surface area contributed by atoms with Crippen molar-refractivity contribution in [2.75, 3.05) is 0 Å². The summed E-state index contributed by atoms with van der Waals surface area (Å²) in [6.07, 6.45) is 1.95. The van der Waals surface area contributed by atoms with Crippen LogP contribution < -0.4 is 11.1 Å². The Bertz CT molecular complexity index is 740. The minimum atomic E-state index is -0.795. The van der Waals surface area contributed by atoms with Gasteiger partial charge in [-0.2, -0.15) is 0 Å². The first kappa shape index (κ1) is 17.4. The molecule has 2 aromatic rings. The molecule has 0 fully saturated rings. The Hall–Kier alpha value is -2.95. The molecule has 2 amide bonds. The zero-order chi connectivity index (χ0) is 17.5. The summed E-state index contributed by atoms with van der Waals surface area (Å²) in [6, 6.07) is 14.3. The summed E-state index contributed by atoms with van der Waals surface area (Å²) in [5.41, 5.74) is 7.39. The number of nitrogens with one attached hydrogen (secondary N) is 1. The molecule has 0 heterocycles. The van der Waals surface area contributed by atoms with E-state index in [2.05, 4.69) is 5.32 Å². The molecule has 1 atom stereocenters. The normalized spacial score (nSPS) is 12.5. The maximum atomic E-state index is 12.9. The van der Waals surface area contributed by atoms with Crippen LogP contribution in [0.2, 0.25) is 0 Å². The molecule has 2 aromatic carbocycles. The Morgan fingerprint density at radius 3 is 2.33 bits per heavy atom. The predicted octanol–water partition coefficient (Wildman–Crippen LogP) is 2.44. The first-order chi connectivity index (χ1) is 11.5. The van der Waals surface area contributed by atoms with Crippen LogP contribution >= 0.6 is 0 Å². The van der Waals surface area contributed by atoms with E-state index in [0.29, 0.717) is 17.6 Å². The number of amides is 2. The lowest BCUT2D eigenvalue weighted by Gasteiger charge is -2.16. The maximum absolute atomic E-state index is 12.9. The van der Waals surface area contributed by atoms with Crippen molar-refractivity contribution in [2.45, 2.75) is 19.4 Å². The number of hydrogen-bond donors (Lipinski definition) is 2. The summed E-state index contributed by atoms with van der Waals surface area (Å²) in [5.74, 6) is -1.33. The lowest BCUT2D eigenvalue weighted by atomic mass is 10.0. The highest BCUT2D eigenvalue weighted by Gasteiger charge is 2.19. The van der Waals surface area contributed by atoms with Gasteiger partial charge in [-0.05, 0) is 36.3 Å². The fourth-order valence-corrected chi connectivity index (χ4v) is 2.22. The number of benzene rings is 2. The molecule has 5 heteroatoms. The van der Waals surface area contributed by atoms with Gasteiger partial charge in [-0.15, -0.1) is 0 Å². The van der Waals surface area contributed by atoms with Gasteiger partial charge in [0.05, 0.1) is 0 Å². The zero-order valence-corrected chi connectivity index (χ0v) is 13.3. The van der Waals surface area contributed by atoms with Crippen molar-refractivity contribution >= 4 is 17.9 Å². The van der Waals surface area contributed by atoms with Crippen LogP contribution in [0.1, 0.15) is 18.1 Å². The van der Waals surface area contributed by atoms with E-state index < -0.39 is 11.9 Å². The summed E-state index contributed by atoms with van der Waals surface area (Å²) in [7, 11) is 0. The van der Waals surface area contributed by atoms with Gasteiger partial charge in [0.2, 0.25) is 11.8 Å². The van der Waals surface area contributed by atoms with E-state index >= 15 is 0 Å². The Morgan fingerprint density at radius 2 is 1.75 bits per heavy atom. The van der Waals surface area contributed by atoms with Crippen LogP contribution in [-0.4, -0.2) is 17.9 Å². The quantitative estimate of drug-likeness (QED) is 0.800. The van der Waals surface area contributed by atoms with E-state index in [1.165, 1.54) is 12.1 Å². The summed E-state index contributed by atoms with van der Waals surface area (Å²) in [5, 5.41) is 2.64. The topological polar surface area (TPSA) is 72.2 Å². The lowest BCUT2D eigenvalue weighted by molar-refractivity contribution is -0.125. The van der Waals surface area contributed by atoms with Crippen molar-refractivity contribution in [3.8, 4) is 0 Å². The van der Waals surface area contributed by atoms with Gasteiger partial charge in [-0.3, -0.25) is 9.59 Å². The second-order valence-corrected chi connectivity index (χ2v) is 5.50. The van der Waals surface area contributed by atoms with Crippen molar-refractivity contribution in [1.82, 2.24) is 5.32 Å². The molecule has 0 unspecified atom stereocenters. The van der Waals surface area contributed by atoms with Crippen LogP contribution in [0.5, 0.6) is 0 Å². The molecule has 0 bridgehead atoms. The molecule has 0 aromatic heterocycles. The molecule has 0 aliphatic heterocycles. The summed E-state index contributed by atoms with van der Waals surface area (Å²) >= 11 is 0. The number of rotatable bonds is 6. The van der Waals surface area contributed by atoms with Crippen molar-refractivity contribution < 1.29 is 14.0 Å². The van der Waals surface area contributed by atoms with E-state index in [0.717, 1.165) is 5.56 Å². The molecule has 0 aliphatic rings. The number of hydrogen-bond acceptors (Lipinski definition) is 2. The maximum Gasteiger partial charge on any atom is 0.247 e.